The smallest absolute Gasteiger partial charge is 0.254 e. The van der Waals surface area contributed by atoms with Gasteiger partial charge < -0.3 is 19.9 Å². The van der Waals surface area contributed by atoms with E-state index in [1.165, 1.54) is 30.0 Å². The fourth-order valence-corrected chi connectivity index (χ4v) is 3.70. The monoisotopic (exact) mass is 457 g/mol. The number of nitrogens with zero attached hydrogens (tertiary/aromatic N) is 3. The molecule has 0 aliphatic rings. The van der Waals surface area contributed by atoms with Crippen LogP contribution < -0.4 is 15.4 Å². The molecule has 1 atom stereocenters. The average molecular weight is 458 g/mol. The van der Waals surface area contributed by atoms with Gasteiger partial charge in [0.1, 0.15) is 11.6 Å². The first-order valence-corrected chi connectivity index (χ1v) is 11.0. The highest BCUT2D eigenvalue weighted by atomic mass is 32.2. The highest BCUT2D eigenvalue weighted by Crippen LogP contribution is 2.25. The third-order valence-electron chi connectivity index (χ3n) is 4.52. The summed E-state index contributed by atoms with van der Waals surface area (Å²) in [5.74, 6) is -0.147. The van der Waals surface area contributed by atoms with Gasteiger partial charge in [-0.1, -0.05) is 36.0 Å². The predicted molar refractivity (Wildman–Crippen MR) is 120 cm³/mol. The van der Waals surface area contributed by atoms with Crippen LogP contribution in [0.5, 0.6) is 5.75 Å². The SMILES string of the molecule is CCOc1ccccc1NC(=O)CSc1nnc(C(C)NC(=O)c2ccccc2F)n1C. The van der Waals surface area contributed by atoms with Gasteiger partial charge in [-0.05, 0) is 38.1 Å². The molecule has 2 aromatic carbocycles. The molecule has 1 aromatic heterocycles. The van der Waals surface area contributed by atoms with Crippen molar-refractivity contribution in [3.05, 3.63) is 65.7 Å². The van der Waals surface area contributed by atoms with Crippen molar-refractivity contribution < 1.29 is 18.7 Å². The summed E-state index contributed by atoms with van der Waals surface area (Å²) in [4.78, 5) is 24.7. The van der Waals surface area contributed by atoms with E-state index in [9.17, 15) is 14.0 Å². The number of benzene rings is 2. The Kier molecular flexibility index (Phi) is 7.82. The second kappa shape index (κ2) is 10.8. The summed E-state index contributed by atoms with van der Waals surface area (Å²) in [5, 5.41) is 14.3. The van der Waals surface area contributed by atoms with Crippen LogP contribution in [0.2, 0.25) is 0 Å². The minimum atomic E-state index is -0.594. The quantitative estimate of drug-likeness (QED) is 0.477. The summed E-state index contributed by atoms with van der Waals surface area (Å²) in [6, 6.07) is 12.5. The normalized spacial score (nSPS) is 11.6. The maximum absolute atomic E-state index is 13.8. The zero-order valence-electron chi connectivity index (χ0n) is 18.0. The number of para-hydroxylation sites is 2. The van der Waals surface area contributed by atoms with Gasteiger partial charge >= 0.3 is 0 Å². The van der Waals surface area contributed by atoms with Crippen molar-refractivity contribution in [2.75, 3.05) is 17.7 Å². The van der Waals surface area contributed by atoms with Gasteiger partial charge in [-0.25, -0.2) is 4.39 Å². The van der Waals surface area contributed by atoms with Gasteiger partial charge in [0.05, 0.1) is 29.7 Å². The van der Waals surface area contributed by atoms with Crippen LogP contribution in [0.1, 0.15) is 36.1 Å². The van der Waals surface area contributed by atoms with Crippen LogP contribution in [0.15, 0.2) is 53.7 Å². The molecule has 2 amide bonds. The number of amides is 2. The number of rotatable bonds is 9. The molecule has 0 spiro atoms. The van der Waals surface area contributed by atoms with Crippen molar-refractivity contribution >= 4 is 29.3 Å². The lowest BCUT2D eigenvalue weighted by atomic mass is 10.2. The molecule has 3 rings (SSSR count). The third-order valence-corrected chi connectivity index (χ3v) is 5.54. The number of aromatic nitrogens is 3. The second-order valence-corrected chi connectivity index (χ2v) is 7.78. The van der Waals surface area contributed by atoms with E-state index in [0.717, 1.165) is 0 Å². The van der Waals surface area contributed by atoms with Gasteiger partial charge in [0.25, 0.3) is 5.91 Å². The highest BCUT2D eigenvalue weighted by molar-refractivity contribution is 7.99. The van der Waals surface area contributed by atoms with E-state index in [4.69, 9.17) is 4.74 Å². The highest BCUT2D eigenvalue weighted by Gasteiger charge is 2.20. The number of anilines is 1. The van der Waals surface area contributed by atoms with Crippen LogP contribution in [-0.2, 0) is 11.8 Å². The van der Waals surface area contributed by atoms with Crippen molar-refractivity contribution in [2.24, 2.45) is 7.05 Å². The summed E-state index contributed by atoms with van der Waals surface area (Å²) in [6.07, 6.45) is 0. The van der Waals surface area contributed by atoms with Crippen molar-refractivity contribution in [1.29, 1.82) is 0 Å². The van der Waals surface area contributed by atoms with Gasteiger partial charge in [-0.15, -0.1) is 10.2 Å². The molecular weight excluding hydrogens is 433 g/mol. The first-order chi connectivity index (χ1) is 15.4. The van der Waals surface area contributed by atoms with Crippen molar-refractivity contribution in [1.82, 2.24) is 20.1 Å². The molecule has 8 nitrogen and oxygen atoms in total. The molecule has 0 saturated heterocycles. The van der Waals surface area contributed by atoms with E-state index >= 15 is 0 Å². The zero-order chi connectivity index (χ0) is 23.1. The average Bonchev–Trinajstić information content (AvgIpc) is 3.14. The lowest BCUT2D eigenvalue weighted by Crippen LogP contribution is -2.29. The summed E-state index contributed by atoms with van der Waals surface area (Å²) in [6.45, 7) is 4.10. The number of hydrogen-bond acceptors (Lipinski definition) is 6. The number of ether oxygens (including phenoxy) is 1. The van der Waals surface area contributed by atoms with Crippen LogP contribution in [-0.4, -0.2) is 38.9 Å². The Morgan fingerprint density at radius 3 is 2.62 bits per heavy atom. The number of thioether (sulfide) groups is 1. The maximum Gasteiger partial charge on any atom is 0.254 e. The van der Waals surface area contributed by atoms with E-state index in [1.54, 1.807) is 36.7 Å². The largest absolute Gasteiger partial charge is 0.492 e. The maximum atomic E-state index is 13.8. The van der Waals surface area contributed by atoms with Gasteiger partial charge in [0.2, 0.25) is 5.91 Å². The van der Waals surface area contributed by atoms with E-state index in [1.807, 2.05) is 19.1 Å². The zero-order valence-corrected chi connectivity index (χ0v) is 18.8. The second-order valence-electron chi connectivity index (χ2n) is 6.84. The Labute approximate surface area is 189 Å². The Balaban J connectivity index is 1.59. The molecule has 0 fully saturated rings. The number of hydrogen-bond donors (Lipinski definition) is 2. The molecule has 32 heavy (non-hydrogen) atoms. The standard InChI is InChI=1S/C22H24FN5O3S/c1-4-31-18-12-8-7-11-17(18)25-19(29)13-32-22-27-26-20(28(22)3)14(2)24-21(30)15-9-5-6-10-16(15)23/h5-12,14H,4,13H2,1-3H3,(H,24,30)(H,25,29). The number of halogens is 1. The first kappa shape index (κ1) is 23.3. The van der Waals surface area contributed by atoms with E-state index in [2.05, 4.69) is 20.8 Å². The van der Waals surface area contributed by atoms with E-state index < -0.39 is 17.8 Å². The molecule has 10 heteroatoms. The number of carbonyl (C=O) groups excluding carboxylic acids is 2. The topological polar surface area (TPSA) is 98.1 Å². The minimum absolute atomic E-state index is 0.0416. The summed E-state index contributed by atoms with van der Waals surface area (Å²) >= 11 is 1.21. The lowest BCUT2D eigenvalue weighted by Gasteiger charge is -2.14. The predicted octanol–water partition coefficient (Wildman–Crippen LogP) is 3.57. The van der Waals surface area contributed by atoms with Crippen LogP contribution in [0.4, 0.5) is 10.1 Å². The van der Waals surface area contributed by atoms with Crippen molar-refractivity contribution in [2.45, 2.75) is 25.0 Å². The van der Waals surface area contributed by atoms with Gasteiger partial charge in [0, 0.05) is 7.05 Å². The fraction of sp³-hybridized carbons (Fsp3) is 0.273. The fourth-order valence-electron chi connectivity index (χ4n) is 2.98. The molecule has 2 N–H and O–H groups in total. The Morgan fingerprint density at radius 1 is 1.16 bits per heavy atom. The van der Waals surface area contributed by atoms with Gasteiger partial charge in [-0.3, -0.25) is 9.59 Å². The number of carbonyl (C=O) groups is 2. The Morgan fingerprint density at radius 2 is 1.88 bits per heavy atom. The van der Waals surface area contributed by atoms with Crippen LogP contribution in [0, 0.1) is 5.82 Å². The molecule has 1 heterocycles. The molecule has 0 bridgehead atoms. The molecule has 3 aromatic rings. The number of nitrogens with one attached hydrogen (secondary N) is 2. The van der Waals surface area contributed by atoms with E-state index in [-0.39, 0.29) is 17.2 Å². The molecular formula is C22H24FN5O3S. The van der Waals surface area contributed by atoms with Gasteiger partial charge in [0.15, 0.2) is 11.0 Å². The molecule has 168 valence electrons. The Hall–Kier alpha value is -3.40. The molecule has 1 unspecified atom stereocenters. The van der Waals surface area contributed by atoms with Crippen molar-refractivity contribution in [3.63, 3.8) is 0 Å². The minimum Gasteiger partial charge on any atom is -0.492 e. The molecule has 0 aliphatic carbocycles. The third kappa shape index (κ3) is 5.64. The molecule has 0 radical (unpaired) electrons. The van der Waals surface area contributed by atoms with Crippen LogP contribution >= 0.6 is 11.8 Å². The lowest BCUT2D eigenvalue weighted by molar-refractivity contribution is -0.113. The van der Waals surface area contributed by atoms with Crippen LogP contribution in [0.3, 0.4) is 0 Å². The van der Waals surface area contributed by atoms with Crippen LogP contribution in [0.25, 0.3) is 0 Å². The summed E-state index contributed by atoms with van der Waals surface area (Å²) < 4.78 is 21.0. The van der Waals surface area contributed by atoms with Gasteiger partial charge in [-0.2, -0.15) is 0 Å². The van der Waals surface area contributed by atoms with Crippen molar-refractivity contribution in [3.8, 4) is 5.75 Å². The molecule has 0 aliphatic heterocycles. The first-order valence-electron chi connectivity index (χ1n) is 9.99. The Bertz CT molecular complexity index is 1100. The summed E-state index contributed by atoms with van der Waals surface area (Å²) in [7, 11) is 1.74. The molecule has 0 saturated carbocycles. The summed E-state index contributed by atoms with van der Waals surface area (Å²) in [5.41, 5.74) is 0.559. The van der Waals surface area contributed by atoms with E-state index in [0.29, 0.717) is 29.0 Å².